The standard InChI is InChI=1S/C13H28N2O/c1-8-10(2)9-15(7)11(16)12(3,4)13(5,6)14/h10H,8-9,14H2,1-7H3. The van der Waals surface area contributed by atoms with E-state index in [1.807, 2.05) is 39.6 Å². The fourth-order valence-corrected chi connectivity index (χ4v) is 1.43. The van der Waals surface area contributed by atoms with E-state index in [1.54, 1.807) is 0 Å². The quantitative estimate of drug-likeness (QED) is 0.784. The number of hydrogen-bond donors (Lipinski definition) is 1. The van der Waals surface area contributed by atoms with Crippen LogP contribution < -0.4 is 5.73 Å². The minimum atomic E-state index is -0.533. The Morgan fingerprint density at radius 1 is 1.31 bits per heavy atom. The van der Waals surface area contributed by atoms with Crippen molar-refractivity contribution in [2.45, 2.75) is 53.5 Å². The lowest BCUT2D eigenvalue weighted by Gasteiger charge is -2.40. The summed E-state index contributed by atoms with van der Waals surface area (Å²) in [7, 11) is 1.86. The molecule has 3 nitrogen and oxygen atoms in total. The van der Waals surface area contributed by atoms with Gasteiger partial charge in [-0.1, -0.05) is 20.3 Å². The first-order valence-electron chi connectivity index (χ1n) is 6.08. The van der Waals surface area contributed by atoms with Gasteiger partial charge in [0.1, 0.15) is 0 Å². The first kappa shape index (κ1) is 15.4. The van der Waals surface area contributed by atoms with E-state index in [9.17, 15) is 4.79 Å². The molecular weight excluding hydrogens is 200 g/mol. The van der Waals surface area contributed by atoms with Gasteiger partial charge in [-0.3, -0.25) is 4.79 Å². The highest BCUT2D eigenvalue weighted by atomic mass is 16.2. The molecule has 1 amide bonds. The number of nitrogens with two attached hydrogens (primary N) is 1. The predicted molar refractivity (Wildman–Crippen MR) is 69.1 cm³/mol. The molecule has 2 N–H and O–H groups in total. The molecule has 0 spiro atoms. The van der Waals surface area contributed by atoms with E-state index in [-0.39, 0.29) is 5.91 Å². The molecule has 0 saturated heterocycles. The summed E-state index contributed by atoms with van der Waals surface area (Å²) in [5.41, 5.74) is 5.03. The molecule has 0 aliphatic rings. The lowest BCUT2D eigenvalue weighted by atomic mass is 9.74. The minimum absolute atomic E-state index is 0.125. The van der Waals surface area contributed by atoms with Crippen molar-refractivity contribution >= 4 is 5.91 Å². The zero-order chi connectivity index (χ0) is 13.1. The monoisotopic (exact) mass is 228 g/mol. The van der Waals surface area contributed by atoms with E-state index in [2.05, 4.69) is 13.8 Å². The molecule has 16 heavy (non-hydrogen) atoms. The van der Waals surface area contributed by atoms with Crippen LogP contribution in [0.15, 0.2) is 0 Å². The number of amides is 1. The highest BCUT2D eigenvalue weighted by Crippen LogP contribution is 2.30. The molecule has 1 atom stereocenters. The van der Waals surface area contributed by atoms with Gasteiger partial charge in [-0.15, -0.1) is 0 Å². The van der Waals surface area contributed by atoms with Crippen LogP contribution >= 0.6 is 0 Å². The Balaban J connectivity index is 4.67. The van der Waals surface area contributed by atoms with Gasteiger partial charge in [0.25, 0.3) is 0 Å². The van der Waals surface area contributed by atoms with E-state index >= 15 is 0 Å². The molecular formula is C13H28N2O. The number of hydrogen-bond acceptors (Lipinski definition) is 2. The van der Waals surface area contributed by atoms with E-state index in [1.165, 1.54) is 0 Å². The molecule has 96 valence electrons. The smallest absolute Gasteiger partial charge is 0.229 e. The molecule has 0 aromatic carbocycles. The molecule has 0 radical (unpaired) electrons. The van der Waals surface area contributed by atoms with Crippen molar-refractivity contribution in [3.05, 3.63) is 0 Å². The highest BCUT2D eigenvalue weighted by Gasteiger charge is 2.41. The summed E-state index contributed by atoms with van der Waals surface area (Å²) in [4.78, 5) is 14.1. The highest BCUT2D eigenvalue weighted by molar-refractivity contribution is 5.83. The van der Waals surface area contributed by atoms with Gasteiger partial charge < -0.3 is 10.6 Å². The summed E-state index contributed by atoms with van der Waals surface area (Å²) in [6.45, 7) is 12.7. The van der Waals surface area contributed by atoms with Crippen LogP contribution in [0.5, 0.6) is 0 Å². The molecule has 3 heteroatoms. The Hall–Kier alpha value is -0.570. The second-order valence-corrected chi connectivity index (χ2v) is 6.05. The lowest BCUT2D eigenvalue weighted by molar-refractivity contribution is -0.142. The Morgan fingerprint density at radius 2 is 1.75 bits per heavy atom. The second kappa shape index (κ2) is 5.17. The molecule has 0 aromatic rings. The Bertz CT molecular complexity index is 241. The van der Waals surface area contributed by atoms with Crippen LogP contribution in [0.4, 0.5) is 0 Å². The Labute approximate surface area is 100 Å². The van der Waals surface area contributed by atoms with E-state index in [0.717, 1.165) is 13.0 Å². The summed E-state index contributed by atoms with van der Waals surface area (Å²) in [5.74, 6) is 0.658. The maximum absolute atomic E-state index is 12.3. The zero-order valence-electron chi connectivity index (χ0n) is 11.9. The topological polar surface area (TPSA) is 46.3 Å². The minimum Gasteiger partial charge on any atom is -0.345 e. The van der Waals surface area contributed by atoms with Crippen LogP contribution in [-0.4, -0.2) is 29.9 Å². The predicted octanol–water partition coefficient (Wildman–Crippen LogP) is 2.25. The van der Waals surface area contributed by atoms with Gasteiger partial charge in [0.15, 0.2) is 0 Å². The first-order chi connectivity index (χ1) is 7.04. The van der Waals surface area contributed by atoms with Crippen LogP contribution in [0, 0.1) is 11.3 Å². The molecule has 0 bridgehead atoms. The fraction of sp³-hybridized carbons (Fsp3) is 0.923. The molecule has 0 rings (SSSR count). The van der Waals surface area contributed by atoms with E-state index in [4.69, 9.17) is 5.73 Å². The third kappa shape index (κ3) is 3.48. The van der Waals surface area contributed by atoms with Gasteiger partial charge in [0.2, 0.25) is 5.91 Å². The van der Waals surface area contributed by atoms with Gasteiger partial charge in [0, 0.05) is 19.1 Å². The van der Waals surface area contributed by atoms with E-state index in [0.29, 0.717) is 5.92 Å². The lowest BCUT2D eigenvalue weighted by Crippen LogP contribution is -2.56. The summed E-state index contributed by atoms with van der Waals surface area (Å²) in [5, 5.41) is 0. The van der Waals surface area contributed by atoms with Gasteiger partial charge in [0.05, 0.1) is 5.41 Å². The number of carbonyl (C=O) groups excluding carboxylic acids is 1. The summed E-state index contributed by atoms with van der Waals surface area (Å²) < 4.78 is 0. The average molecular weight is 228 g/mol. The van der Waals surface area contributed by atoms with Crippen molar-refractivity contribution in [3.8, 4) is 0 Å². The largest absolute Gasteiger partial charge is 0.345 e. The van der Waals surface area contributed by atoms with Crippen molar-refractivity contribution in [1.29, 1.82) is 0 Å². The molecule has 0 fully saturated rings. The SMILES string of the molecule is CCC(C)CN(C)C(=O)C(C)(C)C(C)(C)N. The number of nitrogens with zero attached hydrogens (tertiary/aromatic N) is 1. The average Bonchev–Trinajstić information content (AvgIpc) is 2.14. The molecule has 0 saturated carbocycles. The number of rotatable bonds is 5. The van der Waals surface area contributed by atoms with Crippen molar-refractivity contribution in [2.24, 2.45) is 17.1 Å². The molecule has 0 aromatic heterocycles. The maximum Gasteiger partial charge on any atom is 0.229 e. The van der Waals surface area contributed by atoms with Crippen LogP contribution in [0.2, 0.25) is 0 Å². The van der Waals surface area contributed by atoms with Gasteiger partial charge >= 0.3 is 0 Å². The number of carbonyl (C=O) groups is 1. The molecule has 0 aliphatic heterocycles. The van der Waals surface area contributed by atoms with Crippen LogP contribution in [0.25, 0.3) is 0 Å². The molecule has 1 unspecified atom stereocenters. The fourth-order valence-electron chi connectivity index (χ4n) is 1.43. The summed E-state index contributed by atoms with van der Waals surface area (Å²) in [6.07, 6.45) is 1.09. The third-order valence-electron chi connectivity index (χ3n) is 3.77. The Morgan fingerprint density at radius 3 is 2.06 bits per heavy atom. The van der Waals surface area contributed by atoms with Crippen molar-refractivity contribution < 1.29 is 4.79 Å². The Kier molecular flexibility index (Phi) is 4.99. The maximum atomic E-state index is 12.3. The van der Waals surface area contributed by atoms with Gasteiger partial charge in [-0.2, -0.15) is 0 Å². The van der Waals surface area contributed by atoms with Gasteiger partial charge in [-0.05, 0) is 33.6 Å². The molecule has 0 aliphatic carbocycles. The summed E-state index contributed by atoms with van der Waals surface area (Å²) >= 11 is 0. The van der Waals surface area contributed by atoms with Gasteiger partial charge in [-0.25, -0.2) is 0 Å². The van der Waals surface area contributed by atoms with Crippen LogP contribution in [0.1, 0.15) is 48.0 Å². The third-order valence-corrected chi connectivity index (χ3v) is 3.77. The van der Waals surface area contributed by atoms with Crippen molar-refractivity contribution in [3.63, 3.8) is 0 Å². The van der Waals surface area contributed by atoms with Crippen LogP contribution in [0.3, 0.4) is 0 Å². The first-order valence-corrected chi connectivity index (χ1v) is 6.08. The zero-order valence-corrected chi connectivity index (χ0v) is 11.9. The normalized spacial score (nSPS) is 14.8. The molecule has 0 heterocycles. The van der Waals surface area contributed by atoms with E-state index < -0.39 is 11.0 Å². The summed E-state index contributed by atoms with van der Waals surface area (Å²) in [6, 6.07) is 0. The van der Waals surface area contributed by atoms with Crippen molar-refractivity contribution in [1.82, 2.24) is 4.90 Å². The van der Waals surface area contributed by atoms with Crippen molar-refractivity contribution in [2.75, 3.05) is 13.6 Å². The van der Waals surface area contributed by atoms with Crippen LogP contribution in [-0.2, 0) is 4.79 Å². The second-order valence-electron chi connectivity index (χ2n) is 6.05.